The summed E-state index contributed by atoms with van der Waals surface area (Å²) in [5.74, 6) is 0.534. The lowest BCUT2D eigenvalue weighted by Gasteiger charge is -2.36. The van der Waals surface area contributed by atoms with Crippen molar-refractivity contribution in [2.45, 2.75) is 25.9 Å². The Morgan fingerprint density at radius 1 is 1.67 bits per heavy atom. The molecule has 1 aliphatic rings. The second kappa shape index (κ2) is 7.59. The third-order valence-electron chi connectivity index (χ3n) is 3.42. The highest BCUT2D eigenvalue weighted by Gasteiger charge is 2.31. The van der Waals surface area contributed by atoms with Gasteiger partial charge < -0.3 is 20.7 Å². The molecule has 3 N–H and O–H groups in total. The molecule has 1 fully saturated rings. The maximum absolute atomic E-state index is 12.3. The normalized spacial score (nSPS) is 18.6. The number of rotatable bonds is 5. The van der Waals surface area contributed by atoms with E-state index in [1.165, 1.54) is 0 Å². The minimum absolute atomic E-state index is 0.0624. The summed E-state index contributed by atoms with van der Waals surface area (Å²) < 4.78 is 5.43. The summed E-state index contributed by atoms with van der Waals surface area (Å²) in [5, 5.41) is 3.40. The van der Waals surface area contributed by atoms with Gasteiger partial charge in [0.25, 0.3) is 0 Å². The van der Waals surface area contributed by atoms with Crippen molar-refractivity contribution >= 4 is 23.3 Å². The highest BCUT2D eigenvalue weighted by molar-refractivity contribution is 6.33. The number of aromatic nitrogens is 1. The van der Waals surface area contributed by atoms with E-state index in [2.05, 4.69) is 10.3 Å². The third-order valence-corrected chi connectivity index (χ3v) is 3.83. The van der Waals surface area contributed by atoms with Gasteiger partial charge in [0.15, 0.2) is 0 Å². The van der Waals surface area contributed by atoms with Gasteiger partial charge in [-0.25, -0.2) is 4.98 Å². The molecule has 1 saturated heterocycles. The Labute approximate surface area is 129 Å². The number of nitrogens with two attached hydrogens (primary N) is 1. The predicted octanol–water partition coefficient (Wildman–Crippen LogP) is 0.925. The van der Waals surface area contributed by atoms with E-state index in [0.29, 0.717) is 43.7 Å². The number of anilines is 1. The molecule has 1 aromatic rings. The van der Waals surface area contributed by atoms with Gasteiger partial charge in [-0.3, -0.25) is 4.79 Å². The van der Waals surface area contributed by atoms with Crippen LogP contribution in [-0.4, -0.2) is 43.2 Å². The first-order chi connectivity index (χ1) is 10.2. The fraction of sp³-hybridized carbons (Fsp3) is 0.571. The number of morpholine rings is 1. The van der Waals surface area contributed by atoms with Crippen LogP contribution in [0.25, 0.3) is 0 Å². The largest absolute Gasteiger partial charge is 0.377 e. The van der Waals surface area contributed by atoms with Gasteiger partial charge in [0.1, 0.15) is 11.9 Å². The molecule has 1 aliphatic heterocycles. The number of hydrogen-bond acceptors (Lipinski definition) is 5. The maximum atomic E-state index is 12.3. The van der Waals surface area contributed by atoms with E-state index >= 15 is 0 Å². The van der Waals surface area contributed by atoms with Crippen LogP contribution in [0.3, 0.4) is 0 Å². The van der Waals surface area contributed by atoms with Gasteiger partial charge in [-0.2, -0.15) is 0 Å². The van der Waals surface area contributed by atoms with Gasteiger partial charge >= 0.3 is 0 Å². The van der Waals surface area contributed by atoms with Crippen molar-refractivity contribution in [2.75, 3.05) is 31.2 Å². The Morgan fingerprint density at radius 3 is 3.19 bits per heavy atom. The summed E-state index contributed by atoms with van der Waals surface area (Å²) in [7, 11) is 0. The molecule has 0 bridgehead atoms. The van der Waals surface area contributed by atoms with Crippen molar-refractivity contribution < 1.29 is 9.53 Å². The molecular formula is C14H21ClN4O2. The van der Waals surface area contributed by atoms with E-state index in [1.807, 2.05) is 11.8 Å². The van der Waals surface area contributed by atoms with Crippen LogP contribution in [0.4, 0.5) is 5.82 Å². The lowest BCUT2D eigenvalue weighted by Crippen LogP contribution is -2.54. The van der Waals surface area contributed by atoms with E-state index in [1.54, 1.807) is 12.3 Å². The van der Waals surface area contributed by atoms with Gasteiger partial charge in [0.2, 0.25) is 5.91 Å². The molecule has 0 aliphatic carbocycles. The Hall–Kier alpha value is -1.37. The summed E-state index contributed by atoms with van der Waals surface area (Å²) in [6, 6.07) is 1.38. The van der Waals surface area contributed by atoms with Crippen LogP contribution in [0, 0.1) is 0 Å². The van der Waals surface area contributed by atoms with Crippen LogP contribution >= 0.6 is 11.6 Å². The fourth-order valence-corrected chi connectivity index (χ4v) is 2.57. The monoisotopic (exact) mass is 312 g/mol. The van der Waals surface area contributed by atoms with Crippen LogP contribution in [0.5, 0.6) is 0 Å². The Balaban J connectivity index is 2.24. The molecule has 0 spiro atoms. The summed E-state index contributed by atoms with van der Waals surface area (Å²) in [4.78, 5) is 18.5. The summed E-state index contributed by atoms with van der Waals surface area (Å²) in [6.45, 7) is 4.45. The highest BCUT2D eigenvalue weighted by atomic mass is 35.5. The molecule has 1 aromatic heterocycles. The number of carbonyl (C=O) groups excluding carboxylic acids is 1. The van der Waals surface area contributed by atoms with Gasteiger partial charge in [-0.05, 0) is 18.1 Å². The molecule has 2 rings (SSSR count). The minimum Gasteiger partial charge on any atom is -0.377 e. The van der Waals surface area contributed by atoms with Gasteiger partial charge in [-0.15, -0.1) is 0 Å². The molecule has 7 heteroatoms. The van der Waals surface area contributed by atoms with Crippen LogP contribution < -0.4 is 16.0 Å². The highest BCUT2D eigenvalue weighted by Crippen LogP contribution is 2.29. The quantitative estimate of drug-likeness (QED) is 0.845. The smallest absolute Gasteiger partial charge is 0.245 e. The number of nitrogens with zero attached hydrogens (tertiary/aromatic N) is 2. The first-order valence-electron chi connectivity index (χ1n) is 7.14. The van der Waals surface area contributed by atoms with Crippen molar-refractivity contribution in [3.8, 4) is 0 Å². The van der Waals surface area contributed by atoms with E-state index in [0.717, 1.165) is 12.0 Å². The van der Waals surface area contributed by atoms with Crippen molar-refractivity contribution in [3.63, 3.8) is 0 Å². The SMILES string of the molecule is CCCNC(=O)C1COCCN1c1nccc(CN)c1Cl. The van der Waals surface area contributed by atoms with Crippen molar-refractivity contribution in [3.05, 3.63) is 22.8 Å². The number of hydrogen-bond donors (Lipinski definition) is 2. The first kappa shape index (κ1) is 16.0. The fourth-order valence-electron chi connectivity index (χ4n) is 2.27. The zero-order valence-corrected chi connectivity index (χ0v) is 12.9. The minimum atomic E-state index is -0.414. The number of carbonyl (C=O) groups is 1. The van der Waals surface area contributed by atoms with Crippen LogP contribution in [0.2, 0.25) is 5.02 Å². The van der Waals surface area contributed by atoms with E-state index in [9.17, 15) is 4.79 Å². The Bertz CT molecular complexity index is 498. The van der Waals surface area contributed by atoms with Crippen LogP contribution in [0.1, 0.15) is 18.9 Å². The number of nitrogens with one attached hydrogen (secondary N) is 1. The molecule has 6 nitrogen and oxygen atoms in total. The lowest BCUT2D eigenvalue weighted by molar-refractivity contribution is -0.124. The average Bonchev–Trinajstić information content (AvgIpc) is 2.53. The number of pyridine rings is 1. The van der Waals surface area contributed by atoms with E-state index in [-0.39, 0.29) is 5.91 Å². The standard InChI is InChI=1S/C14H21ClN4O2/c1-2-4-18-14(20)11-9-21-7-6-19(11)13-12(15)10(8-16)3-5-17-13/h3,5,11H,2,4,6-9,16H2,1H3,(H,18,20). The third kappa shape index (κ3) is 3.64. The van der Waals surface area contributed by atoms with Crippen molar-refractivity contribution in [1.82, 2.24) is 10.3 Å². The molecule has 1 atom stereocenters. The molecule has 0 aromatic carbocycles. The van der Waals surface area contributed by atoms with Crippen LogP contribution in [-0.2, 0) is 16.1 Å². The molecular weight excluding hydrogens is 292 g/mol. The zero-order valence-electron chi connectivity index (χ0n) is 12.1. The Morgan fingerprint density at radius 2 is 2.48 bits per heavy atom. The van der Waals surface area contributed by atoms with Crippen molar-refractivity contribution in [1.29, 1.82) is 0 Å². The topological polar surface area (TPSA) is 80.5 Å². The van der Waals surface area contributed by atoms with Gasteiger partial charge in [-0.1, -0.05) is 18.5 Å². The molecule has 21 heavy (non-hydrogen) atoms. The summed E-state index contributed by atoms with van der Waals surface area (Å²) in [5.41, 5.74) is 6.49. The zero-order chi connectivity index (χ0) is 15.2. The van der Waals surface area contributed by atoms with E-state index in [4.69, 9.17) is 22.1 Å². The number of amides is 1. The second-order valence-electron chi connectivity index (χ2n) is 4.89. The van der Waals surface area contributed by atoms with E-state index < -0.39 is 6.04 Å². The van der Waals surface area contributed by atoms with Gasteiger partial charge in [0, 0.05) is 25.8 Å². The Kier molecular flexibility index (Phi) is 5.78. The molecule has 2 heterocycles. The maximum Gasteiger partial charge on any atom is 0.245 e. The molecule has 0 saturated carbocycles. The first-order valence-corrected chi connectivity index (χ1v) is 7.52. The number of ether oxygens (including phenoxy) is 1. The second-order valence-corrected chi connectivity index (χ2v) is 5.26. The molecule has 1 unspecified atom stereocenters. The van der Waals surface area contributed by atoms with Crippen molar-refractivity contribution in [2.24, 2.45) is 5.73 Å². The number of halogens is 1. The molecule has 1 amide bonds. The predicted molar refractivity (Wildman–Crippen MR) is 82.4 cm³/mol. The van der Waals surface area contributed by atoms with Crippen LogP contribution in [0.15, 0.2) is 12.3 Å². The lowest BCUT2D eigenvalue weighted by atomic mass is 10.2. The molecule has 116 valence electrons. The van der Waals surface area contributed by atoms with Gasteiger partial charge in [0.05, 0.1) is 18.2 Å². The average molecular weight is 313 g/mol. The summed E-state index contributed by atoms with van der Waals surface area (Å²) >= 11 is 6.36. The molecule has 0 radical (unpaired) electrons. The summed E-state index contributed by atoms with van der Waals surface area (Å²) in [6.07, 6.45) is 2.56.